The van der Waals surface area contributed by atoms with Crippen LogP contribution in [-0.2, 0) is 4.79 Å². The summed E-state index contributed by atoms with van der Waals surface area (Å²) in [6.45, 7) is 7.49. The second-order valence-electron chi connectivity index (χ2n) is 7.95. The highest BCUT2D eigenvalue weighted by Crippen LogP contribution is 2.37. The maximum atomic E-state index is 12.7. The lowest BCUT2D eigenvalue weighted by Gasteiger charge is -2.19. The van der Waals surface area contributed by atoms with Gasteiger partial charge in [0.05, 0.1) is 17.4 Å². The monoisotopic (exact) mass is 452 g/mol. The number of amides is 1. The lowest BCUT2D eigenvalue weighted by Crippen LogP contribution is -2.33. The highest BCUT2D eigenvalue weighted by atomic mass is 32.1. The summed E-state index contributed by atoms with van der Waals surface area (Å²) in [5.41, 5.74) is 0.932. The number of hydrogen-bond donors (Lipinski definition) is 2. The summed E-state index contributed by atoms with van der Waals surface area (Å²) in [5.74, 6) is -0.677. The number of aromatic nitrogens is 2. The van der Waals surface area contributed by atoms with Crippen molar-refractivity contribution in [3.63, 3.8) is 0 Å². The number of benzene rings is 1. The van der Waals surface area contributed by atoms with Crippen LogP contribution in [0.2, 0.25) is 0 Å². The van der Waals surface area contributed by atoms with Crippen LogP contribution in [0.5, 0.6) is 5.88 Å². The van der Waals surface area contributed by atoms with E-state index >= 15 is 0 Å². The molecule has 1 aromatic carbocycles. The first-order valence-corrected chi connectivity index (χ1v) is 11.1. The zero-order valence-electron chi connectivity index (χ0n) is 18.3. The lowest BCUT2D eigenvalue weighted by molar-refractivity contribution is -0.132. The first-order valence-electron chi connectivity index (χ1n) is 10.3. The molecule has 166 valence electrons. The molecule has 0 bridgehead atoms. The van der Waals surface area contributed by atoms with Crippen LogP contribution < -0.4 is 11.2 Å². The average Bonchev–Trinajstić information content (AvgIpc) is 3.32. The van der Waals surface area contributed by atoms with E-state index in [2.05, 4.69) is 10.1 Å². The van der Waals surface area contributed by atoms with Gasteiger partial charge < -0.3 is 5.11 Å². The fraction of sp³-hybridized carbons (Fsp3) is 0.304. The number of nitrogens with one attached hydrogen (secondary N) is 1. The van der Waals surface area contributed by atoms with E-state index in [4.69, 9.17) is 0 Å². The van der Waals surface area contributed by atoms with E-state index in [0.29, 0.717) is 5.69 Å². The molecule has 3 aromatic rings. The molecule has 2 N–H and O–H groups in total. The zero-order valence-corrected chi connectivity index (χ0v) is 19.1. The van der Waals surface area contributed by atoms with Crippen LogP contribution >= 0.6 is 11.3 Å². The Bertz CT molecular complexity index is 1340. The summed E-state index contributed by atoms with van der Waals surface area (Å²) < 4.78 is 1.06. The van der Waals surface area contributed by atoms with Crippen LogP contribution in [0.3, 0.4) is 0 Å². The number of hydrazone groups is 1. The Morgan fingerprint density at radius 1 is 1.19 bits per heavy atom. The van der Waals surface area contributed by atoms with E-state index in [-0.39, 0.29) is 36.1 Å². The van der Waals surface area contributed by atoms with Crippen molar-refractivity contribution in [3.8, 4) is 11.6 Å². The third kappa shape index (κ3) is 3.80. The van der Waals surface area contributed by atoms with Crippen molar-refractivity contribution in [2.24, 2.45) is 5.10 Å². The van der Waals surface area contributed by atoms with Crippen molar-refractivity contribution in [1.82, 2.24) is 14.6 Å². The maximum absolute atomic E-state index is 12.7. The van der Waals surface area contributed by atoms with Gasteiger partial charge in [-0.25, -0.2) is 14.4 Å². The Balaban J connectivity index is 1.87. The maximum Gasteiger partial charge on any atom is 0.335 e. The smallest absolute Gasteiger partial charge is 0.335 e. The van der Waals surface area contributed by atoms with E-state index in [0.717, 1.165) is 25.4 Å². The van der Waals surface area contributed by atoms with Crippen LogP contribution in [0, 0.1) is 20.8 Å². The number of hydrogen-bond acceptors (Lipinski definition) is 6. The van der Waals surface area contributed by atoms with Crippen molar-refractivity contribution in [1.29, 1.82) is 0 Å². The second kappa shape index (κ2) is 8.23. The van der Waals surface area contributed by atoms with Gasteiger partial charge in [0.25, 0.3) is 5.56 Å². The van der Waals surface area contributed by atoms with Crippen LogP contribution in [0.15, 0.2) is 45.0 Å². The summed E-state index contributed by atoms with van der Waals surface area (Å²) in [7, 11) is 0. The lowest BCUT2D eigenvalue weighted by atomic mass is 10.0. The average molecular weight is 453 g/mol. The Labute approximate surface area is 188 Å². The highest BCUT2D eigenvalue weighted by molar-refractivity contribution is 7.12. The predicted molar refractivity (Wildman–Crippen MR) is 124 cm³/mol. The molecule has 9 heteroatoms. The summed E-state index contributed by atoms with van der Waals surface area (Å²) in [5, 5.41) is 16.9. The number of carbonyl (C=O) groups is 1. The first kappa shape index (κ1) is 21.8. The van der Waals surface area contributed by atoms with Gasteiger partial charge in [0.15, 0.2) is 0 Å². The normalized spacial score (nSPS) is 15.8. The van der Waals surface area contributed by atoms with E-state index in [1.54, 1.807) is 30.4 Å². The molecule has 3 heterocycles. The topological polar surface area (TPSA) is 108 Å². The van der Waals surface area contributed by atoms with Crippen molar-refractivity contribution in [3.05, 3.63) is 77.6 Å². The summed E-state index contributed by atoms with van der Waals surface area (Å²) in [4.78, 5) is 42.3. The molecule has 0 spiro atoms. The van der Waals surface area contributed by atoms with Gasteiger partial charge in [-0.05, 0) is 56.2 Å². The molecular weight excluding hydrogens is 428 g/mol. The predicted octanol–water partition coefficient (Wildman–Crippen LogP) is 3.31. The summed E-state index contributed by atoms with van der Waals surface area (Å²) >= 11 is 1.56. The third-order valence-corrected chi connectivity index (χ3v) is 6.50. The van der Waals surface area contributed by atoms with Gasteiger partial charge in [0, 0.05) is 22.6 Å². The number of H-pyrrole nitrogens is 1. The summed E-state index contributed by atoms with van der Waals surface area (Å²) in [6, 6.07) is 8.99. The van der Waals surface area contributed by atoms with Crippen LogP contribution in [0.4, 0.5) is 0 Å². The number of carbonyl (C=O) groups excluding carboxylic acids is 1. The van der Waals surface area contributed by atoms with Gasteiger partial charge in [-0.15, -0.1) is 11.3 Å². The van der Waals surface area contributed by atoms with Gasteiger partial charge in [-0.1, -0.05) is 13.0 Å². The molecule has 2 aromatic heterocycles. The fourth-order valence-corrected chi connectivity index (χ4v) is 4.98. The Morgan fingerprint density at radius 2 is 1.88 bits per heavy atom. The highest BCUT2D eigenvalue weighted by Gasteiger charge is 2.36. The molecule has 0 saturated carbocycles. The van der Waals surface area contributed by atoms with Crippen molar-refractivity contribution in [2.45, 2.75) is 46.6 Å². The number of aromatic amines is 1. The fourth-order valence-electron chi connectivity index (χ4n) is 4.01. The van der Waals surface area contributed by atoms with E-state index in [1.807, 2.05) is 39.0 Å². The SMILES string of the molecule is CCC(=O)N1N=C(c2c(O)n(-c3cc(C)cc(C)c3)c(=O)[nH]c2=O)C[C@H]1c1ccc(C)s1. The van der Waals surface area contributed by atoms with E-state index < -0.39 is 17.1 Å². The molecular formula is C23H24N4O4S. The number of nitrogens with zero attached hydrogens (tertiary/aromatic N) is 3. The van der Waals surface area contributed by atoms with E-state index in [9.17, 15) is 19.5 Å². The molecule has 0 aliphatic carbocycles. The quantitative estimate of drug-likeness (QED) is 0.633. The van der Waals surface area contributed by atoms with Gasteiger partial charge >= 0.3 is 5.69 Å². The summed E-state index contributed by atoms with van der Waals surface area (Å²) in [6.07, 6.45) is 0.509. The standard InChI is InChI=1S/C23H24N4O4S/c1-5-19(28)27-17(18-7-6-14(4)32-18)11-16(25-27)20-21(29)24-23(31)26(22(20)30)15-9-12(2)8-13(3)10-15/h6-10,17,30H,5,11H2,1-4H3,(H,24,29,31)/t17-/m0/s1. The van der Waals surface area contributed by atoms with Crippen LogP contribution in [-0.4, -0.2) is 31.3 Å². The molecule has 1 aliphatic heterocycles. The van der Waals surface area contributed by atoms with Crippen molar-refractivity contribution in [2.75, 3.05) is 0 Å². The Kier molecular flexibility index (Phi) is 5.60. The molecule has 1 atom stereocenters. The molecule has 1 amide bonds. The molecule has 8 nitrogen and oxygen atoms in total. The number of aryl methyl sites for hydroxylation is 3. The van der Waals surface area contributed by atoms with Crippen molar-refractivity contribution >= 4 is 23.0 Å². The Morgan fingerprint density at radius 3 is 2.47 bits per heavy atom. The minimum absolute atomic E-state index is 0.103. The van der Waals surface area contributed by atoms with Gasteiger partial charge in [-0.3, -0.25) is 14.6 Å². The molecule has 0 fully saturated rings. The molecule has 4 rings (SSSR count). The second-order valence-corrected chi connectivity index (χ2v) is 9.27. The minimum Gasteiger partial charge on any atom is -0.493 e. The first-order chi connectivity index (χ1) is 15.2. The molecule has 0 saturated heterocycles. The van der Waals surface area contributed by atoms with Gasteiger partial charge in [-0.2, -0.15) is 5.10 Å². The van der Waals surface area contributed by atoms with Crippen LogP contribution in [0.25, 0.3) is 5.69 Å². The van der Waals surface area contributed by atoms with Crippen molar-refractivity contribution < 1.29 is 9.90 Å². The number of rotatable bonds is 4. The van der Waals surface area contributed by atoms with E-state index in [1.165, 1.54) is 5.01 Å². The largest absolute Gasteiger partial charge is 0.493 e. The minimum atomic E-state index is -0.744. The molecule has 0 radical (unpaired) electrons. The number of aromatic hydroxyl groups is 1. The molecule has 32 heavy (non-hydrogen) atoms. The third-order valence-electron chi connectivity index (χ3n) is 5.40. The molecule has 0 unspecified atom stereocenters. The number of thiophene rings is 1. The van der Waals surface area contributed by atoms with Gasteiger partial charge in [0.1, 0.15) is 5.56 Å². The zero-order chi connectivity index (χ0) is 23.2. The Hall–Kier alpha value is -3.46. The van der Waals surface area contributed by atoms with Crippen LogP contribution in [0.1, 0.15) is 52.3 Å². The van der Waals surface area contributed by atoms with Gasteiger partial charge in [0.2, 0.25) is 11.8 Å². The molecule has 1 aliphatic rings.